The van der Waals surface area contributed by atoms with Crippen molar-refractivity contribution in [1.82, 2.24) is 0 Å². The minimum atomic E-state index is -0.849. The Hall–Kier alpha value is -2.13. The zero-order valence-electron chi connectivity index (χ0n) is 10.7. The lowest BCUT2D eigenvalue weighted by atomic mass is 9.95. The summed E-state index contributed by atoms with van der Waals surface area (Å²) in [4.78, 5) is 11.8. The summed E-state index contributed by atoms with van der Waals surface area (Å²) in [5.74, 6) is -0.849. The van der Waals surface area contributed by atoms with E-state index in [0.29, 0.717) is 4.88 Å². The van der Waals surface area contributed by atoms with Crippen LogP contribution in [0.5, 0.6) is 0 Å². The van der Waals surface area contributed by atoms with Crippen molar-refractivity contribution in [1.29, 1.82) is 0 Å². The molecule has 0 atom stereocenters. The molecule has 1 heterocycles. The molecule has 2 nitrogen and oxygen atoms in total. The lowest BCUT2D eigenvalue weighted by molar-refractivity contribution is 0.0703. The van der Waals surface area contributed by atoms with Crippen molar-refractivity contribution in [3.8, 4) is 11.1 Å². The molecule has 0 saturated carbocycles. The molecule has 1 aliphatic rings. The maximum Gasteiger partial charge on any atom is 0.346 e. The normalized spacial score (nSPS) is 13.0. The molecular formula is C17H12O2S. The maximum atomic E-state index is 11.3. The van der Waals surface area contributed by atoms with Crippen LogP contribution in [0.2, 0.25) is 0 Å². The van der Waals surface area contributed by atoms with Crippen LogP contribution in [-0.2, 0) is 12.8 Å². The second-order valence-corrected chi connectivity index (χ2v) is 6.00. The van der Waals surface area contributed by atoms with E-state index in [0.717, 1.165) is 24.0 Å². The first-order chi connectivity index (χ1) is 9.75. The SMILES string of the molecule is O=C(O)c1sccc1-c1ccc2c3c(cccc13)CC2. The van der Waals surface area contributed by atoms with Crippen molar-refractivity contribution < 1.29 is 9.90 Å². The van der Waals surface area contributed by atoms with Gasteiger partial charge >= 0.3 is 5.97 Å². The Labute approximate surface area is 120 Å². The predicted molar refractivity (Wildman–Crippen MR) is 81.6 cm³/mol. The molecule has 0 fully saturated rings. The van der Waals surface area contributed by atoms with Crippen molar-refractivity contribution >= 4 is 28.1 Å². The van der Waals surface area contributed by atoms with Gasteiger partial charge < -0.3 is 5.11 Å². The molecule has 1 N–H and O–H groups in total. The lowest BCUT2D eigenvalue weighted by Gasteiger charge is -2.09. The largest absolute Gasteiger partial charge is 0.477 e. The Morgan fingerprint density at radius 1 is 1.00 bits per heavy atom. The number of rotatable bonds is 2. The fourth-order valence-corrected chi connectivity index (χ4v) is 3.91. The Kier molecular flexibility index (Phi) is 2.44. The Morgan fingerprint density at radius 2 is 1.80 bits per heavy atom. The highest BCUT2D eigenvalue weighted by atomic mass is 32.1. The average molecular weight is 280 g/mol. The molecule has 0 unspecified atom stereocenters. The fraction of sp³-hybridized carbons (Fsp3) is 0.118. The third-order valence-corrected chi connectivity index (χ3v) is 4.93. The van der Waals surface area contributed by atoms with Gasteiger partial charge in [-0.2, -0.15) is 0 Å². The topological polar surface area (TPSA) is 37.3 Å². The number of carbonyl (C=O) groups is 1. The van der Waals surface area contributed by atoms with Gasteiger partial charge in [-0.05, 0) is 51.8 Å². The van der Waals surface area contributed by atoms with E-state index in [-0.39, 0.29) is 0 Å². The Balaban J connectivity index is 2.07. The van der Waals surface area contributed by atoms with Gasteiger partial charge in [0.2, 0.25) is 0 Å². The van der Waals surface area contributed by atoms with E-state index in [1.807, 2.05) is 11.4 Å². The van der Waals surface area contributed by atoms with E-state index in [2.05, 4.69) is 30.3 Å². The molecule has 20 heavy (non-hydrogen) atoms. The van der Waals surface area contributed by atoms with Gasteiger partial charge in [0.15, 0.2) is 0 Å². The second kappa shape index (κ2) is 4.18. The van der Waals surface area contributed by atoms with E-state index in [9.17, 15) is 9.90 Å². The van der Waals surface area contributed by atoms with Gasteiger partial charge in [0, 0.05) is 5.56 Å². The number of carboxylic acids is 1. The van der Waals surface area contributed by atoms with Gasteiger partial charge in [0.25, 0.3) is 0 Å². The van der Waals surface area contributed by atoms with Crippen LogP contribution in [0.1, 0.15) is 20.8 Å². The fourth-order valence-electron chi connectivity index (χ4n) is 3.17. The quantitative estimate of drug-likeness (QED) is 0.757. The monoisotopic (exact) mass is 280 g/mol. The van der Waals surface area contributed by atoms with Gasteiger partial charge in [0.1, 0.15) is 4.88 Å². The van der Waals surface area contributed by atoms with Gasteiger partial charge in [-0.25, -0.2) is 4.79 Å². The molecule has 1 aromatic heterocycles. The zero-order chi connectivity index (χ0) is 13.7. The Bertz CT molecular complexity index is 835. The van der Waals surface area contributed by atoms with Crippen LogP contribution in [0.4, 0.5) is 0 Å². The summed E-state index contributed by atoms with van der Waals surface area (Å²) in [5, 5.41) is 13.7. The van der Waals surface area contributed by atoms with Gasteiger partial charge in [-0.15, -0.1) is 11.3 Å². The first-order valence-corrected chi connectivity index (χ1v) is 7.48. The Morgan fingerprint density at radius 3 is 2.60 bits per heavy atom. The molecule has 3 aromatic rings. The van der Waals surface area contributed by atoms with Gasteiger partial charge in [-0.3, -0.25) is 0 Å². The number of thiophene rings is 1. The van der Waals surface area contributed by atoms with Crippen molar-refractivity contribution in [2.75, 3.05) is 0 Å². The van der Waals surface area contributed by atoms with Crippen molar-refractivity contribution in [2.45, 2.75) is 12.8 Å². The summed E-state index contributed by atoms with van der Waals surface area (Å²) in [5.41, 5.74) is 4.63. The number of hydrogen-bond acceptors (Lipinski definition) is 2. The molecule has 0 bridgehead atoms. The van der Waals surface area contributed by atoms with Crippen molar-refractivity contribution in [3.05, 3.63) is 57.8 Å². The molecule has 1 aliphatic carbocycles. The molecule has 0 amide bonds. The number of aromatic carboxylic acids is 1. The highest BCUT2D eigenvalue weighted by Gasteiger charge is 2.19. The molecule has 0 aliphatic heterocycles. The van der Waals surface area contributed by atoms with Crippen molar-refractivity contribution in [3.63, 3.8) is 0 Å². The molecule has 3 heteroatoms. The molecular weight excluding hydrogens is 268 g/mol. The zero-order valence-corrected chi connectivity index (χ0v) is 11.5. The molecule has 98 valence electrons. The summed E-state index contributed by atoms with van der Waals surface area (Å²) >= 11 is 1.29. The van der Waals surface area contributed by atoms with E-state index in [1.165, 1.54) is 33.2 Å². The standard InChI is InChI=1S/C17H12O2S/c18-17(19)16-14(8-9-20-16)12-7-6-11-5-4-10-2-1-3-13(12)15(10)11/h1-3,6-9H,4-5H2,(H,18,19). The summed E-state index contributed by atoms with van der Waals surface area (Å²) in [6, 6.07) is 12.5. The summed E-state index contributed by atoms with van der Waals surface area (Å²) in [6.07, 6.45) is 2.18. The van der Waals surface area contributed by atoms with E-state index >= 15 is 0 Å². The van der Waals surface area contributed by atoms with Crippen LogP contribution in [0.3, 0.4) is 0 Å². The predicted octanol–water partition coefficient (Wildman–Crippen LogP) is 4.37. The van der Waals surface area contributed by atoms with Crippen LogP contribution in [0.25, 0.3) is 21.9 Å². The van der Waals surface area contributed by atoms with Crippen LogP contribution in [0.15, 0.2) is 41.8 Å². The van der Waals surface area contributed by atoms with E-state index in [1.54, 1.807) is 0 Å². The van der Waals surface area contributed by atoms with Crippen molar-refractivity contribution in [2.24, 2.45) is 0 Å². The highest BCUT2D eigenvalue weighted by Crippen LogP contribution is 2.39. The third-order valence-electron chi connectivity index (χ3n) is 4.03. The smallest absolute Gasteiger partial charge is 0.346 e. The number of aryl methyl sites for hydroxylation is 2. The van der Waals surface area contributed by atoms with E-state index < -0.39 is 5.97 Å². The van der Waals surface area contributed by atoms with Crippen LogP contribution >= 0.6 is 11.3 Å². The summed E-state index contributed by atoms with van der Waals surface area (Å²) in [6.45, 7) is 0. The second-order valence-electron chi connectivity index (χ2n) is 5.08. The first-order valence-electron chi connectivity index (χ1n) is 6.60. The van der Waals surface area contributed by atoms with Gasteiger partial charge in [0.05, 0.1) is 0 Å². The molecule has 0 radical (unpaired) electrons. The molecule has 2 aromatic carbocycles. The third kappa shape index (κ3) is 1.53. The molecule has 0 spiro atoms. The first kappa shape index (κ1) is 11.7. The minimum Gasteiger partial charge on any atom is -0.477 e. The molecule has 4 rings (SSSR count). The lowest BCUT2D eigenvalue weighted by Crippen LogP contribution is -1.95. The number of hydrogen-bond donors (Lipinski definition) is 1. The number of carboxylic acid groups (broad SMARTS) is 1. The summed E-state index contributed by atoms with van der Waals surface area (Å²) < 4.78 is 0. The van der Waals surface area contributed by atoms with Crippen LogP contribution < -0.4 is 0 Å². The van der Waals surface area contributed by atoms with Crippen LogP contribution in [-0.4, -0.2) is 11.1 Å². The van der Waals surface area contributed by atoms with Crippen LogP contribution in [0, 0.1) is 0 Å². The molecule has 0 saturated heterocycles. The average Bonchev–Trinajstić information content (AvgIpc) is 3.07. The van der Waals surface area contributed by atoms with Gasteiger partial charge in [-0.1, -0.05) is 30.3 Å². The number of benzene rings is 2. The minimum absolute atomic E-state index is 0.420. The maximum absolute atomic E-state index is 11.3. The van der Waals surface area contributed by atoms with E-state index in [4.69, 9.17) is 0 Å². The summed E-state index contributed by atoms with van der Waals surface area (Å²) in [7, 11) is 0. The highest BCUT2D eigenvalue weighted by molar-refractivity contribution is 7.12.